The van der Waals surface area contributed by atoms with Crippen molar-refractivity contribution in [3.63, 3.8) is 0 Å². The lowest BCUT2D eigenvalue weighted by Crippen LogP contribution is -2.55. The molecule has 5 atom stereocenters. The summed E-state index contributed by atoms with van der Waals surface area (Å²) in [6.07, 6.45) is 42.2. The average molecular weight is 993 g/mol. The van der Waals surface area contributed by atoms with Gasteiger partial charge in [-0.15, -0.1) is 0 Å². The summed E-state index contributed by atoms with van der Waals surface area (Å²) >= 11 is 0. The average Bonchev–Trinajstić information content (AvgIpc) is 3.98. The van der Waals surface area contributed by atoms with Gasteiger partial charge in [0, 0.05) is 12.8 Å². The minimum Gasteiger partial charge on any atom is -0.480 e. The number of amides is 1. The van der Waals surface area contributed by atoms with Crippen LogP contribution in [-0.2, 0) is 44.6 Å². The number of aryl methyl sites for hydroxylation is 1. The standard InChI is InChI=1S/C60H100N2O9/c1-4-6-8-10-12-14-16-18-20-22-24-26-28-30-35-42-56(63)69-47-52(48-70-57(64)43-36-31-29-27-25-23-21-19-17-15-13-11-9-7-5-2)71-60(68)53(45-44-50-38-33-32-34-39-50)61-49(3)58(65)62-54-41-37-40-51(54)46-55(62)59(66)67/h32-34,37-39,41,49,51-55,61H,4-31,35-36,40,42-48H2,1-3H3,(H,66,67)/t49-,51-,53-,54+,55-/m0/s1. The third kappa shape index (κ3) is 27.8. The monoisotopic (exact) mass is 993 g/mol. The number of allylic oxidation sites excluding steroid dienone is 1. The SMILES string of the molecule is CCCCCCCCCCCCCCCCCC(=O)OCC(COC(=O)CCCCCCCCCCCCCCCCC)OC(=O)[C@H](CCc1ccccc1)N[C@@H](C)C(=O)N1[C@@H]2C=CC[C@H]2C[C@H]1C(=O)O. The summed E-state index contributed by atoms with van der Waals surface area (Å²) in [7, 11) is 0. The number of carboxylic acids is 1. The molecule has 2 N–H and O–H groups in total. The lowest BCUT2D eigenvalue weighted by molar-refractivity contribution is -0.168. The zero-order valence-electron chi connectivity index (χ0n) is 45.0. The molecule has 71 heavy (non-hydrogen) atoms. The number of benzene rings is 1. The van der Waals surface area contributed by atoms with Crippen LogP contribution in [0.3, 0.4) is 0 Å². The van der Waals surface area contributed by atoms with Crippen LogP contribution < -0.4 is 5.32 Å². The van der Waals surface area contributed by atoms with Crippen LogP contribution in [-0.4, -0.2) is 83.3 Å². The quantitative estimate of drug-likeness (QED) is 0.0280. The molecule has 1 aliphatic heterocycles. The Morgan fingerprint density at radius 1 is 0.620 bits per heavy atom. The summed E-state index contributed by atoms with van der Waals surface area (Å²) in [6, 6.07) is 6.56. The molecule has 0 spiro atoms. The van der Waals surface area contributed by atoms with Crippen molar-refractivity contribution in [1.82, 2.24) is 10.2 Å². The number of aliphatic carboxylic acids is 1. The largest absolute Gasteiger partial charge is 0.480 e. The van der Waals surface area contributed by atoms with Crippen molar-refractivity contribution in [1.29, 1.82) is 0 Å². The van der Waals surface area contributed by atoms with Gasteiger partial charge in [-0.1, -0.05) is 236 Å². The van der Waals surface area contributed by atoms with Crippen LogP contribution in [0.2, 0.25) is 0 Å². The van der Waals surface area contributed by atoms with Crippen molar-refractivity contribution in [2.75, 3.05) is 13.2 Å². The van der Waals surface area contributed by atoms with Crippen LogP contribution in [0.25, 0.3) is 0 Å². The second kappa shape index (κ2) is 39.8. The van der Waals surface area contributed by atoms with E-state index in [0.717, 1.165) is 50.5 Å². The van der Waals surface area contributed by atoms with E-state index in [1.165, 1.54) is 146 Å². The van der Waals surface area contributed by atoms with Crippen LogP contribution >= 0.6 is 0 Å². The smallest absolute Gasteiger partial charge is 0.326 e. The fourth-order valence-corrected chi connectivity index (χ4v) is 10.4. The number of likely N-dealkylation sites (tertiary alicyclic amines) is 1. The Hall–Kier alpha value is -3.73. The number of fused-ring (bicyclic) bond motifs is 1. The minimum absolute atomic E-state index is 0.0516. The molecule has 0 radical (unpaired) electrons. The molecule has 0 aromatic heterocycles. The predicted octanol–water partition coefficient (Wildman–Crippen LogP) is 14.1. The Kier molecular flexibility index (Phi) is 34.5. The first-order valence-corrected chi connectivity index (χ1v) is 29.2. The molecular formula is C60H100N2O9. The van der Waals surface area contributed by atoms with Gasteiger partial charge in [-0.05, 0) is 56.9 Å². The summed E-state index contributed by atoms with van der Waals surface area (Å²) in [5.41, 5.74) is 0.993. The molecule has 1 amide bonds. The van der Waals surface area contributed by atoms with Crippen molar-refractivity contribution in [3.8, 4) is 0 Å². The van der Waals surface area contributed by atoms with Crippen molar-refractivity contribution < 1.29 is 43.3 Å². The van der Waals surface area contributed by atoms with Gasteiger partial charge in [-0.25, -0.2) is 4.79 Å². The van der Waals surface area contributed by atoms with Crippen LogP contribution in [0.4, 0.5) is 0 Å². The van der Waals surface area contributed by atoms with Gasteiger partial charge in [0.05, 0.1) is 12.1 Å². The molecule has 0 unspecified atom stereocenters. The molecule has 11 heteroatoms. The van der Waals surface area contributed by atoms with Gasteiger partial charge in [0.25, 0.3) is 0 Å². The molecule has 1 aliphatic carbocycles. The summed E-state index contributed by atoms with van der Waals surface area (Å²) in [5, 5.41) is 13.2. The van der Waals surface area contributed by atoms with Gasteiger partial charge in [0.15, 0.2) is 6.10 Å². The molecule has 3 rings (SSSR count). The first kappa shape index (κ1) is 61.6. The summed E-state index contributed by atoms with van der Waals surface area (Å²) in [6.45, 7) is 5.63. The number of carboxylic acid groups (broad SMARTS) is 1. The summed E-state index contributed by atoms with van der Waals surface area (Å²) in [4.78, 5) is 67.9. The number of unbranched alkanes of at least 4 members (excludes halogenated alkanes) is 28. The third-order valence-corrected chi connectivity index (χ3v) is 14.8. The molecule has 0 saturated carbocycles. The van der Waals surface area contributed by atoms with Gasteiger partial charge in [-0.3, -0.25) is 24.5 Å². The van der Waals surface area contributed by atoms with E-state index in [0.29, 0.717) is 25.7 Å². The van der Waals surface area contributed by atoms with Gasteiger partial charge >= 0.3 is 23.9 Å². The second-order valence-corrected chi connectivity index (χ2v) is 21.0. The number of rotatable bonds is 45. The normalized spacial score (nSPS) is 17.1. The number of carbonyl (C=O) groups is 5. The van der Waals surface area contributed by atoms with E-state index in [4.69, 9.17) is 14.2 Å². The van der Waals surface area contributed by atoms with Gasteiger partial charge in [-0.2, -0.15) is 0 Å². The second-order valence-electron chi connectivity index (χ2n) is 21.0. The van der Waals surface area contributed by atoms with Crippen LogP contribution in [0.15, 0.2) is 42.5 Å². The Morgan fingerprint density at radius 3 is 1.46 bits per heavy atom. The third-order valence-electron chi connectivity index (χ3n) is 14.8. The van der Waals surface area contributed by atoms with Crippen molar-refractivity contribution >= 4 is 29.8 Å². The maximum Gasteiger partial charge on any atom is 0.326 e. The van der Waals surface area contributed by atoms with Gasteiger partial charge < -0.3 is 24.2 Å². The minimum atomic E-state index is -1.05. The van der Waals surface area contributed by atoms with Crippen molar-refractivity contribution in [2.24, 2.45) is 5.92 Å². The lowest BCUT2D eigenvalue weighted by atomic mass is 10.0. The Bertz CT molecular complexity index is 1550. The highest BCUT2D eigenvalue weighted by molar-refractivity contribution is 5.89. The Morgan fingerprint density at radius 2 is 1.04 bits per heavy atom. The topological polar surface area (TPSA) is 149 Å². The maximum absolute atomic E-state index is 14.2. The predicted molar refractivity (Wildman–Crippen MR) is 286 cm³/mol. The van der Waals surface area contributed by atoms with Crippen LogP contribution in [0, 0.1) is 5.92 Å². The zero-order chi connectivity index (χ0) is 51.2. The molecule has 1 aromatic carbocycles. The van der Waals surface area contributed by atoms with E-state index >= 15 is 0 Å². The highest BCUT2D eigenvalue weighted by Gasteiger charge is 2.48. The highest BCUT2D eigenvalue weighted by atomic mass is 16.6. The highest BCUT2D eigenvalue weighted by Crippen LogP contribution is 2.38. The molecule has 11 nitrogen and oxygen atoms in total. The Labute approximate surface area is 431 Å². The number of esters is 3. The number of nitrogens with zero attached hydrogens (tertiary/aromatic N) is 1. The van der Waals surface area contributed by atoms with E-state index < -0.39 is 42.1 Å². The van der Waals surface area contributed by atoms with Crippen LogP contribution in [0.1, 0.15) is 251 Å². The first-order valence-electron chi connectivity index (χ1n) is 29.2. The maximum atomic E-state index is 14.2. The van der Waals surface area contributed by atoms with E-state index in [1.807, 2.05) is 42.5 Å². The lowest BCUT2D eigenvalue weighted by Gasteiger charge is -2.31. The molecule has 1 saturated heterocycles. The summed E-state index contributed by atoms with van der Waals surface area (Å²) < 4.78 is 17.3. The number of carbonyl (C=O) groups excluding carboxylic acids is 4. The van der Waals surface area contributed by atoms with Crippen molar-refractivity contribution in [2.45, 2.75) is 282 Å². The molecule has 1 fully saturated rings. The number of hydrogen-bond acceptors (Lipinski definition) is 9. The van der Waals surface area contributed by atoms with E-state index in [1.54, 1.807) is 6.92 Å². The fraction of sp³-hybridized carbons (Fsp3) is 0.783. The number of nitrogens with one attached hydrogen (secondary N) is 1. The van der Waals surface area contributed by atoms with Crippen LogP contribution in [0.5, 0.6) is 0 Å². The molecular weight excluding hydrogens is 893 g/mol. The molecule has 1 aromatic rings. The first-order chi connectivity index (χ1) is 34.6. The summed E-state index contributed by atoms with van der Waals surface area (Å²) in [5.74, 6) is -2.83. The van der Waals surface area contributed by atoms with E-state index in [9.17, 15) is 29.1 Å². The zero-order valence-corrected chi connectivity index (χ0v) is 45.0. The van der Waals surface area contributed by atoms with Gasteiger partial charge in [0.1, 0.15) is 25.3 Å². The van der Waals surface area contributed by atoms with Crippen molar-refractivity contribution in [3.05, 3.63) is 48.0 Å². The molecule has 2 aliphatic rings. The van der Waals surface area contributed by atoms with E-state index in [-0.39, 0.29) is 56.4 Å². The molecule has 1 heterocycles. The van der Waals surface area contributed by atoms with E-state index in [2.05, 4.69) is 19.2 Å². The number of ether oxygens (including phenoxy) is 3. The molecule has 404 valence electrons. The number of hydrogen-bond donors (Lipinski definition) is 2. The molecule has 0 bridgehead atoms. The van der Waals surface area contributed by atoms with Gasteiger partial charge in [0.2, 0.25) is 5.91 Å². The fourth-order valence-electron chi connectivity index (χ4n) is 10.4. The Balaban J connectivity index is 1.50.